The lowest BCUT2D eigenvalue weighted by molar-refractivity contribution is 0.0993. The summed E-state index contributed by atoms with van der Waals surface area (Å²) < 4.78 is 5.14. The van der Waals surface area contributed by atoms with E-state index in [4.69, 9.17) is 10.5 Å². The summed E-state index contributed by atoms with van der Waals surface area (Å²) in [5.74, 6) is -0.0146. The topological polar surface area (TPSA) is 93.8 Å². The van der Waals surface area contributed by atoms with Gasteiger partial charge in [0.15, 0.2) is 5.78 Å². The van der Waals surface area contributed by atoms with Gasteiger partial charge >= 0.3 is 6.03 Å². The van der Waals surface area contributed by atoms with Crippen LogP contribution in [0.25, 0.3) is 0 Å². The zero-order chi connectivity index (χ0) is 13.4. The number of urea groups is 1. The van der Waals surface area contributed by atoms with Gasteiger partial charge in [0.25, 0.3) is 0 Å². The Kier molecular flexibility index (Phi) is 5.37. The van der Waals surface area contributed by atoms with E-state index in [-0.39, 0.29) is 18.1 Å². The highest BCUT2D eigenvalue weighted by Crippen LogP contribution is 2.04. The van der Waals surface area contributed by atoms with Crippen molar-refractivity contribution in [3.63, 3.8) is 0 Å². The summed E-state index contributed by atoms with van der Waals surface area (Å²) in [6, 6.07) is 7.96. The molecular weight excluding hydrogens is 234 g/mol. The van der Waals surface area contributed by atoms with Crippen LogP contribution in [0.5, 0.6) is 0 Å². The van der Waals surface area contributed by atoms with Crippen molar-refractivity contribution in [2.24, 2.45) is 10.8 Å². The van der Waals surface area contributed by atoms with Crippen LogP contribution in [-0.2, 0) is 4.74 Å². The Balaban J connectivity index is 2.69. The summed E-state index contributed by atoms with van der Waals surface area (Å²) in [6.45, 7) is 2.11. The number of Topliss-reactive ketones (excluding diaryl/α,β-unsaturated/α-hetero) is 1. The minimum absolute atomic E-state index is 0.0296. The van der Waals surface area contributed by atoms with E-state index in [0.717, 1.165) is 0 Å². The fourth-order valence-corrected chi connectivity index (χ4v) is 1.27. The van der Waals surface area contributed by atoms with E-state index in [1.807, 2.05) is 11.5 Å². The summed E-state index contributed by atoms with van der Waals surface area (Å²) in [4.78, 5) is 22.4. The maximum Gasteiger partial charge on any atom is 0.332 e. The molecular formula is C12H15N3O3. The van der Waals surface area contributed by atoms with Gasteiger partial charge in [-0.25, -0.2) is 10.2 Å². The second kappa shape index (κ2) is 7.05. The molecule has 3 N–H and O–H groups in total. The van der Waals surface area contributed by atoms with Crippen molar-refractivity contribution in [2.75, 3.05) is 6.61 Å². The largest absolute Gasteiger partial charge is 0.480 e. The standard InChI is InChI=1S/C12H15N3O3/c1-2-18-11(14-15-12(13)17)8-10(16)9-6-4-3-5-7-9/h3-7H,2,8H2,1H3,(H3,13,15,17). The second-order valence-corrected chi connectivity index (χ2v) is 3.38. The zero-order valence-corrected chi connectivity index (χ0v) is 10.1. The molecule has 0 heterocycles. The number of hydrogen-bond acceptors (Lipinski definition) is 4. The lowest BCUT2D eigenvalue weighted by Crippen LogP contribution is -2.27. The molecule has 2 amide bonds. The van der Waals surface area contributed by atoms with Gasteiger partial charge in [-0.2, -0.15) is 0 Å². The molecule has 0 fully saturated rings. The lowest BCUT2D eigenvalue weighted by Gasteiger charge is -2.06. The highest BCUT2D eigenvalue weighted by atomic mass is 16.5. The van der Waals surface area contributed by atoms with Crippen LogP contribution in [0.2, 0.25) is 0 Å². The number of ether oxygens (including phenoxy) is 1. The molecule has 0 bridgehead atoms. The van der Waals surface area contributed by atoms with E-state index >= 15 is 0 Å². The number of amides is 2. The third-order valence-corrected chi connectivity index (χ3v) is 2.01. The summed E-state index contributed by atoms with van der Waals surface area (Å²) in [7, 11) is 0. The average molecular weight is 249 g/mol. The third kappa shape index (κ3) is 4.65. The molecule has 0 saturated heterocycles. The molecule has 1 aromatic rings. The molecule has 6 heteroatoms. The summed E-state index contributed by atoms with van der Waals surface area (Å²) in [6.07, 6.45) is -0.0296. The number of ketones is 1. The molecule has 0 unspecified atom stereocenters. The van der Waals surface area contributed by atoms with Crippen molar-refractivity contribution in [2.45, 2.75) is 13.3 Å². The summed E-state index contributed by atoms with van der Waals surface area (Å²) >= 11 is 0. The Bertz CT molecular complexity index is 443. The van der Waals surface area contributed by atoms with E-state index in [2.05, 4.69) is 5.10 Å². The number of carbonyl (C=O) groups excluding carboxylic acids is 2. The number of carbonyl (C=O) groups is 2. The van der Waals surface area contributed by atoms with Gasteiger partial charge in [0.2, 0.25) is 5.90 Å². The first-order valence-corrected chi connectivity index (χ1v) is 5.46. The molecule has 6 nitrogen and oxygen atoms in total. The van der Waals surface area contributed by atoms with Crippen molar-refractivity contribution in [1.29, 1.82) is 0 Å². The van der Waals surface area contributed by atoms with Gasteiger partial charge in [-0.05, 0) is 6.92 Å². The predicted octanol–water partition coefficient (Wildman–Crippen LogP) is 1.28. The summed E-state index contributed by atoms with van der Waals surface area (Å²) in [5.41, 5.74) is 7.48. The second-order valence-electron chi connectivity index (χ2n) is 3.38. The molecule has 0 radical (unpaired) electrons. The maximum atomic E-state index is 11.9. The van der Waals surface area contributed by atoms with Crippen molar-refractivity contribution >= 4 is 17.7 Å². The van der Waals surface area contributed by atoms with E-state index < -0.39 is 6.03 Å². The SMILES string of the molecule is CCOC(CC(=O)c1ccccc1)=NNC(N)=O. The van der Waals surface area contributed by atoms with Crippen LogP contribution in [0.4, 0.5) is 4.79 Å². The van der Waals surface area contributed by atoms with Crippen LogP contribution in [0.1, 0.15) is 23.7 Å². The van der Waals surface area contributed by atoms with Crippen molar-refractivity contribution in [3.8, 4) is 0 Å². The molecule has 0 aliphatic heterocycles. The average Bonchev–Trinajstić information content (AvgIpc) is 2.37. The van der Waals surface area contributed by atoms with Crippen LogP contribution in [-0.4, -0.2) is 24.3 Å². The minimum atomic E-state index is -0.806. The Morgan fingerprint density at radius 3 is 2.56 bits per heavy atom. The van der Waals surface area contributed by atoms with Crippen molar-refractivity contribution in [3.05, 3.63) is 35.9 Å². The first-order valence-electron chi connectivity index (χ1n) is 5.46. The minimum Gasteiger partial charge on any atom is -0.480 e. The maximum absolute atomic E-state index is 11.9. The number of primary amides is 1. The van der Waals surface area contributed by atoms with Gasteiger partial charge in [-0.15, -0.1) is 5.10 Å². The van der Waals surface area contributed by atoms with Crippen LogP contribution in [0, 0.1) is 0 Å². The smallest absolute Gasteiger partial charge is 0.332 e. The van der Waals surface area contributed by atoms with E-state index in [1.165, 1.54) is 0 Å². The zero-order valence-electron chi connectivity index (χ0n) is 10.1. The fourth-order valence-electron chi connectivity index (χ4n) is 1.27. The Hall–Kier alpha value is -2.37. The van der Waals surface area contributed by atoms with Gasteiger partial charge < -0.3 is 10.5 Å². The number of nitrogens with two attached hydrogens (primary N) is 1. The number of hydrogen-bond donors (Lipinski definition) is 2. The van der Waals surface area contributed by atoms with Gasteiger partial charge in [-0.3, -0.25) is 4.79 Å². The highest BCUT2D eigenvalue weighted by Gasteiger charge is 2.11. The van der Waals surface area contributed by atoms with Crippen LogP contribution in [0.3, 0.4) is 0 Å². The van der Waals surface area contributed by atoms with Gasteiger partial charge in [0, 0.05) is 5.56 Å². The normalized spacial score (nSPS) is 10.8. The van der Waals surface area contributed by atoms with Crippen LogP contribution >= 0.6 is 0 Å². The number of rotatable bonds is 5. The number of nitrogens with one attached hydrogen (secondary N) is 1. The summed E-state index contributed by atoms with van der Waals surface area (Å²) in [5, 5.41) is 3.63. The molecule has 0 atom stereocenters. The molecule has 0 spiro atoms. The van der Waals surface area contributed by atoms with Gasteiger partial charge in [0.1, 0.15) is 0 Å². The van der Waals surface area contributed by atoms with Crippen molar-refractivity contribution < 1.29 is 14.3 Å². The third-order valence-electron chi connectivity index (χ3n) is 2.01. The van der Waals surface area contributed by atoms with Crippen molar-refractivity contribution in [1.82, 2.24) is 5.43 Å². The van der Waals surface area contributed by atoms with Crippen LogP contribution in [0.15, 0.2) is 35.4 Å². The molecule has 1 rings (SSSR count). The first kappa shape index (κ1) is 13.7. The number of benzene rings is 1. The molecule has 0 aromatic heterocycles. The molecule has 18 heavy (non-hydrogen) atoms. The number of nitrogens with zero attached hydrogens (tertiary/aromatic N) is 1. The van der Waals surface area contributed by atoms with E-state index in [1.54, 1.807) is 31.2 Å². The predicted molar refractivity (Wildman–Crippen MR) is 67.2 cm³/mol. The lowest BCUT2D eigenvalue weighted by atomic mass is 10.1. The fraction of sp³-hybridized carbons (Fsp3) is 0.250. The van der Waals surface area contributed by atoms with Crippen LogP contribution < -0.4 is 11.2 Å². The van der Waals surface area contributed by atoms with Gasteiger partial charge in [-0.1, -0.05) is 30.3 Å². The Labute approximate surface area is 105 Å². The van der Waals surface area contributed by atoms with E-state index in [9.17, 15) is 9.59 Å². The quantitative estimate of drug-likeness (QED) is 0.356. The molecule has 96 valence electrons. The first-order chi connectivity index (χ1) is 8.63. The Morgan fingerprint density at radius 2 is 2.00 bits per heavy atom. The molecule has 0 aliphatic rings. The Morgan fingerprint density at radius 1 is 1.33 bits per heavy atom. The van der Waals surface area contributed by atoms with Gasteiger partial charge in [0.05, 0.1) is 13.0 Å². The monoisotopic (exact) mass is 249 g/mol. The highest BCUT2D eigenvalue weighted by molar-refractivity contribution is 6.07. The molecule has 0 saturated carbocycles. The molecule has 0 aliphatic carbocycles. The van der Waals surface area contributed by atoms with E-state index in [0.29, 0.717) is 12.2 Å². The number of hydrazone groups is 1. The molecule has 1 aromatic carbocycles.